The zero-order valence-corrected chi connectivity index (χ0v) is 18.3. The van der Waals surface area contributed by atoms with E-state index in [-0.39, 0.29) is 34.5 Å². The summed E-state index contributed by atoms with van der Waals surface area (Å²) >= 11 is 0. The largest absolute Gasteiger partial charge is 0.543 e. The lowest BCUT2D eigenvalue weighted by Crippen LogP contribution is -2.23. The molecule has 4 rings (SSSR count). The number of carboxylic acid groups (broad SMARTS) is 1. The SMILES string of the molecule is CC(C)Cc1ccc(-c2nc(-c3ccc(Cn4ccc(C(=O)[O-])n4)cc3)no2)cc1C(F)(F)F. The third-order valence-electron chi connectivity index (χ3n) is 5.12. The summed E-state index contributed by atoms with van der Waals surface area (Å²) in [6.07, 6.45) is -2.65. The van der Waals surface area contributed by atoms with Crippen LogP contribution in [0.1, 0.15) is 41.0 Å². The number of hydrogen-bond donors (Lipinski definition) is 0. The molecule has 0 spiro atoms. The molecule has 0 radical (unpaired) electrons. The molecule has 0 bridgehead atoms. The number of rotatable bonds is 7. The Morgan fingerprint density at radius 1 is 1.09 bits per heavy atom. The number of aromatic carboxylic acids is 1. The second-order valence-corrected chi connectivity index (χ2v) is 8.27. The number of carbonyl (C=O) groups is 1. The second-order valence-electron chi connectivity index (χ2n) is 8.27. The zero-order valence-electron chi connectivity index (χ0n) is 18.3. The summed E-state index contributed by atoms with van der Waals surface area (Å²) in [7, 11) is 0. The van der Waals surface area contributed by atoms with Crippen molar-refractivity contribution in [1.82, 2.24) is 19.9 Å². The quantitative estimate of drug-likeness (QED) is 0.402. The molecule has 2 aromatic carbocycles. The number of carboxylic acids is 1. The maximum Gasteiger partial charge on any atom is 0.416 e. The molecule has 7 nitrogen and oxygen atoms in total. The van der Waals surface area contributed by atoms with Gasteiger partial charge in [-0.15, -0.1) is 0 Å². The fourth-order valence-electron chi connectivity index (χ4n) is 3.55. The first-order valence-electron chi connectivity index (χ1n) is 10.5. The van der Waals surface area contributed by atoms with E-state index < -0.39 is 17.7 Å². The monoisotopic (exact) mass is 469 g/mol. The Bertz CT molecular complexity index is 1310. The minimum Gasteiger partial charge on any atom is -0.543 e. The van der Waals surface area contributed by atoms with E-state index in [1.54, 1.807) is 30.3 Å². The van der Waals surface area contributed by atoms with Crippen LogP contribution >= 0.6 is 0 Å². The number of hydrogen-bond acceptors (Lipinski definition) is 6. The van der Waals surface area contributed by atoms with Crippen molar-refractivity contribution in [2.45, 2.75) is 33.0 Å². The van der Waals surface area contributed by atoms with Gasteiger partial charge in [0.1, 0.15) is 5.69 Å². The fourth-order valence-corrected chi connectivity index (χ4v) is 3.55. The van der Waals surface area contributed by atoms with E-state index in [2.05, 4.69) is 15.2 Å². The maximum absolute atomic E-state index is 13.6. The third kappa shape index (κ3) is 5.16. The molecule has 0 fully saturated rings. The summed E-state index contributed by atoms with van der Waals surface area (Å²) in [5.74, 6) is -1.04. The lowest BCUT2D eigenvalue weighted by Gasteiger charge is -2.15. The lowest BCUT2D eigenvalue weighted by atomic mass is 9.96. The van der Waals surface area contributed by atoms with Crippen molar-refractivity contribution in [3.63, 3.8) is 0 Å². The average molecular weight is 469 g/mol. The van der Waals surface area contributed by atoms with Crippen LogP contribution in [-0.4, -0.2) is 25.9 Å². The Morgan fingerprint density at radius 3 is 2.41 bits per heavy atom. The molecule has 0 saturated carbocycles. The first-order chi connectivity index (χ1) is 16.1. The molecule has 2 aromatic heterocycles. The predicted octanol–water partition coefficient (Wildman–Crippen LogP) is 4.23. The standard InChI is InChI=1S/C24H21F3N4O3/c1-14(2)11-17-7-8-18(12-19(17)24(25,26)27)22-28-21(30-34-22)16-5-3-15(4-6-16)13-31-10-9-20(29-31)23(32)33/h3-10,12,14H,11,13H2,1-2H3,(H,32,33)/p-1. The van der Waals surface area contributed by atoms with Crippen molar-refractivity contribution in [2.75, 3.05) is 0 Å². The van der Waals surface area contributed by atoms with Crippen molar-refractivity contribution in [1.29, 1.82) is 0 Å². The summed E-state index contributed by atoms with van der Waals surface area (Å²) in [5, 5.41) is 18.6. The van der Waals surface area contributed by atoms with Gasteiger partial charge in [0, 0.05) is 17.3 Å². The van der Waals surface area contributed by atoms with E-state index in [1.807, 2.05) is 13.8 Å². The molecule has 0 N–H and O–H groups in total. The minimum atomic E-state index is -4.49. The molecular weight excluding hydrogens is 449 g/mol. The van der Waals surface area contributed by atoms with E-state index in [0.29, 0.717) is 18.5 Å². The van der Waals surface area contributed by atoms with Gasteiger partial charge in [0.05, 0.1) is 18.1 Å². The van der Waals surface area contributed by atoms with E-state index in [9.17, 15) is 23.1 Å². The summed E-state index contributed by atoms with van der Waals surface area (Å²) in [6.45, 7) is 4.07. The topological polar surface area (TPSA) is 96.9 Å². The predicted molar refractivity (Wildman–Crippen MR) is 114 cm³/mol. The second kappa shape index (κ2) is 9.12. The highest BCUT2D eigenvalue weighted by atomic mass is 19.4. The summed E-state index contributed by atoms with van der Waals surface area (Å²) in [5.41, 5.74) is 1.02. The molecule has 176 valence electrons. The van der Waals surface area contributed by atoms with Gasteiger partial charge in [0.2, 0.25) is 5.82 Å². The van der Waals surface area contributed by atoms with Crippen LogP contribution in [0, 0.1) is 5.92 Å². The third-order valence-corrected chi connectivity index (χ3v) is 5.12. The smallest absolute Gasteiger partial charge is 0.416 e. The Morgan fingerprint density at radius 2 is 1.79 bits per heavy atom. The number of halogens is 3. The highest BCUT2D eigenvalue weighted by Crippen LogP contribution is 2.36. The van der Waals surface area contributed by atoms with Crippen LogP contribution in [0.4, 0.5) is 13.2 Å². The van der Waals surface area contributed by atoms with Crippen LogP contribution in [0.25, 0.3) is 22.8 Å². The molecule has 0 saturated heterocycles. The highest BCUT2D eigenvalue weighted by Gasteiger charge is 2.34. The van der Waals surface area contributed by atoms with Crippen LogP contribution in [0.5, 0.6) is 0 Å². The van der Waals surface area contributed by atoms with Gasteiger partial charge >= 0.3 is 6.18 Å². The van der Waals surface area contributed by atoms with Crippen LogP contribution < -0.4 is 5.11 Å². The molecule has 4 aromatic rings. The molecule has 0 aliphatic rings. The van der Waals surface area contributed by atoms with Gasteiger partial charge in [-0.25, -0.2) is 0 Å². The number of carbonyl (C=O) groups excluding carboxylic acids is 1. The van der Waals surface area contributed by atoms with Crippen molar-refractivity contribution < 1.29 is 27.6 Å². The molecular formula is C24H20F3N4O3-. The van der Waals surface area contributed by atoms with Crippen molar-refractivity contribution >= 4 is 5.97 Å². The van der Waals surface area contributed by atoms with Gasteiger partial charge in [0.15, 0.2) is 0 Å². The molecule has 0 aliphatic heterocycles. The van der Waals surface area contributed by atoms with Gasteiger partial charge in [0.25, 0.3) is 5.89 Å². The summed E-state index contributed by atoms with van der Waals surface area (Å²) in [6, 6.07) is 12.5. The molecule has 0 atom stereocenters. The molecule has 0 aliphatic carbocycles. The van der Waals surface area contributed by atoms with Gasteiger partial charge in [-0.05, 0) is 41.7 Å². The molecule has 2 heterocycles. The van der Waals surface area contributed by atoms with Gasteiger partial charge in [-0.2, -0.15) is 23.3 Å². The van der Waals surface area contributed by atoms with E-state index in [1.165, 1.54) is 23.0 Å². The van der Waals surface area contributed by atoms with Gasteiger partial charge in [-0.3, -0.25) is 4.68 Å². The Kier molecular flexibility index (Phi) is 6.23. The van der Waals surface area contributed by atoms with Crippen LogP contribution in [0.2, 0.25) is 0 Å². The number of aromatic nitrogens is 4. The van der Waals surface area contributed by atoms with Crippen molar-refractivity contribution in [3.05, 3.63) is 77.1 Å². The van der Waals surface area contributed by atoms with Gasteiger partial charge < -0.3 is 14.4 Å². The molecule has 0 unspecified atom stereocenters. The zero-order chi connectivity index (χ0) is 24.5. The van der Waals surface area contributed by atoms with Crippen molar-refractivity contribution in [3.8, 4) is 22.8 Å². The number of benzene rings is 2. The maximum atomic E-state index is 13.6. The lowest BCUT2D eigenvalue weighted by molar-refractivity contribution is -0.255. The first-order valence-corrected chi connectivity index (χ1v) is 10.5. The highest BCUT2D eigenvalue weighted by molar-refractivity contribution is 5.83. The van der Waals surface area contributed by atoms with E-state index in [0.717, 1.165) is 11.6 Å². The normalized spacial score (nSPS) is 11.8. The Balaban J connectivity index is 1.54. The average Bonchev–Trinajstić information content (AvgIpc) is 3.44. The number of alkyl halides is 3. The van der Waals surface area contributed by atoms with Crippen LogP contribution in [0.15, 0.2) is 59.3 Å². The molecule has 34 heavy (non-hydrogen) atoms. The Labute approximate surface area is 192 Å². The summed E-state index contributed by atoms with van der Waals surface area (Å²) < 4.78 is 47.5. The minimum absolute atomic E-state index is 0.00739. The van der Waals surface area contributed by atoms with Gasteiger partial charge in [-0.1, -0.05) is 49.3 Å². The van der Waals surface area contributed by atoms with Crippen LogP contribution in [-0.2, 0) is 19.1 Å². The van der Waals surface area contributed by atoms with Crippen LogP contribution in [0.3, 0.4) is 0 Å². The van der Waals surface area contributed by atoms with E-state index in [4.69, 9.17) is 4.52 Å². The number of nitrogens with zero attached hydrogens (tertiary/aromatic N) is 4. The molecule has 10 heteroatoms. The van der Waals surface area contributed by atoms with E-state index >= 15 is 0 Å². The fraction of sp³-hybridized carbons (Fsp3) is 0.250. The van der Waals surface area contributed by atoms with Crippen molar-refractivity contribution in [2.24, 2.45) is 5.92 Å². The summed E-state index contributed by atoms with van der Waals surface area (Å²) in [4.78, 5) is 15.1. The first kappa shape index (κ1) is 23.2. The molecule has 0 amide bonds. The Hall–Kier alpha value is -3.95.